The van der Waals surface area contributed by atoms with Crippen LogP contribution < -0.4 is 16.8 Å². The summed E-state index contributed by atoms with van der Waals surface area (Å²) < 4.78 is 5.22. The number of nitrogens with zero attached hydrogens (tertiary/aromatic N) is 1. The lowest BCUT2D eigenvalue weighted by Crippen LogP contribution is -2.58. The fraction of sp³-hybridized carbons (Fsp3) is 0.636. The van der Waals surface area contributed by atoms with Gasteiger partial charge < -0.3 is 36.8 Å². The molecule has 1 rings (SSSR count). The van der Waals surface area contributed by atoms with Gasteiger partial charge in [-0.2, -0.15) is 0 Å². The Labute approximate surface area is 115 Å². The average molecular weight is 288 g/mol. The van der Waals surface area contributed by atoms with Gasteiger partial charge in [0.1, 0.15) is 18.3 Å². The predicted molar refractivity (Wildman–Crippen MR) is 70.3 cm³/mol. The van der Waals surface area contributed by atoms with E-state index < -0.39 is 37.0 Å². The van der Waals surface area contributed by atoms with Gasteiger partial charge in [0.05, 0.1) is 25.0 Å². The summed E-state index contributed by atoms with van der Waals surface area (Å²) in [4.78, 5) is 15.2. The number of hydrogen-bond acceptors (Lipinski definition) is 6. The first-order valence-electron chi connectivity index (χ1n) is 6.01. The van der Waals surface area contributed by atoms with E-state index in [1.165, 1.54) is 19.3 Å². The minimum Gasteiger partial charge on any atom is -0.493 e. The SMILES string of the molecule is CC(=O)N[C@H]1[C@H]([C@H](O)[C@H](O)CO)OC=C[C@@H]1N=C(N)N. The summed E-state index contributed by atoms with van der Waals surface area (Å²) in [6, 6.07) is -1.43. The van der Waals surface area contributed by atoms with Crippen molar-refractivity contribution in [1.82, 2.24) is 5.32 Å². The topological polar surface area (TPSA) is 163 Å². The maximum absolute atomic E-state index is 11.3. The lowest BCUT2D eigenvalue weighted by molar-refractivity contribution is -0.125. The van der Waals surface area contributed by atoms with E-state index in [9.17, 15) is 15.0 Å². The normalized spacial score (nSPS) is 28.1. The molecule has 0 aromatic heterocycles. The minimum absolute atomic E-state index is 0.187. The third-order valence-electron chi connectivity index (χ3n) is 2.82. The number of carbonyl (C=O) groups excluding carboxylic acids is 1. The molecule has 0 saturated heterocycles. The van der Waals surface area contributed by atoms with Crippen LogP contribution in [0.1, 0.15) is 6.92 Å². The number of amides is 1. The van der Waals surface area contributed by atoms with Crippen molar-refractivity contribution in [2.45, 2.75) is 37.3 Å². The Morgan fingerprint density at radius 3 is 2.65 bits per heavy atom. The largest absolute Gasteiger partial charge is 0.493 e. The van der Waals surface area contributed by atoms with Crippen molar-refractivity contribution in [2.24, 2.45) is 16.5 Å². The molecule has 0 bridgehead atoms. The Bertz CT molecular complexity index is 396. The first kappa shape index (κ1) is 16.2. The molecule has 1 aliphatic heterocycles. The lowest BCUT2D eigenvalue weighted by atomic mass is 9.93. The van der Waals surface area contributed by atoms with E-state index in [-0.39, 0.29) is 11.9 Å². The van der Waals surface area contributed by atoms with Gasteiger partial charge in [-0.25, -0.2) is 4.99 Å². The van der Waals surface area contributed by atoms with E-state index in [1.54, 1.807) is 0 Å². The molecule has 0 saturated carbocycles. The molecule has 0 aromatic carbocycles. The molecule has 1 aliphatic rings. The van der Waals surface area contributed by atoms with Crippen LogP contribution in [0.4, 0.5) is 0 Å². The van der Waals surface area contributed by atoms with Crippen molar-refractivity contribution < 1.29 is 24.9 Å². The van der Waals surface area contributed by atoms with Crippen molar-refractivity contribution >= 4 is 11.9 Å². The highest BCUT2D eigenvalue weighted by atomic mass is 16.5. The molecule has 8 N–H and O–H groups in total. The highest BCUT2D eigenvalue weighted by Crippen LogP contribution is 2.20. The maximum Gasteiger partial charge on any atom is 0.217 e. The first-order chi connectivity index (χ1) is 9.36. The van der Waals surface area contributed by atoms with Gasteiger partial charge >= 0.3 is 0 Å². The van der Waals surface area contributed by atoms with Gasteiger partial charge in [-0.15, -0.1) is 0 Å². The fourth-order valence-corrected chi connectivity index (χ4v) is 1.93. The number of carbonyl (C=O) groups is 1. The standard InChI is InChI=1S/C11H20N4O5/c1-5(17)14-8-6(15-11(12)13)2-3-20-10(8)9(19)7(18)4-16/h2-3,6-10,16,18-19H,4H2,1H3,(H,14,17)(H4,12,13,15)/t6-,7+,8+,9+,10+/m0/s1. The van der Waals surface area contributed by atoms with E-state index in [0.29, 0.717) is 0 Å². The molecule has 0 spiro atoms. The van der Waals surface area contributed by atoms with E-state index in [1.807, 2.05) is 0 Å². The Morgan fingerprint density at radius 1 is 1.50 bits per heavy atom. The van der Waals surface area contributed by atoms with Crippen molar-refractivity contribution in [3.05, 3.63) is 12.3 Å². The summed E-state index contributed by atoms with van der Waals surface area (Å²) in [5, 5.41) is 30.9. The van der Waals surface area contributed by atoms with Gasteiger partial charge in [0.15, 0.2) is 5.96 Å². The van der Waals surface area contributed by atoms with Gasteiger partial charge in [-0.05, 0) is 6.08 Å². The second-order valence-corrected chi connectivity index (χ2v) is 4.44. The summed E-state index contributed by atoms with van der Waals surface area (Å²) in [5.41, 5.74) is 10.6. The maximum atomic E-state index is 11.3. The predicted octanol–water partition coefficient (Wildman–Crippen LogP) is -3.24. The smallest absolute Gasteiger partial charge is 0.217 e. The van der Waals surface area contributed by atoms with Gasteiger partial charge in [0, 0.05) is 6.92 Å². The number of nitrogens with one attached hydrogen (secondary N) is 1. The monoisotopic (exact) mass is 288 g/mol. The van der Waals surface area contributed by atoms with E-state index in [0.717, 1.165) is 0 Å². The third kappa shape index (κ3) is 4.08. The van der Waals surface area contributed by atoms with Gasteiger partial charge in [0.2, 0.25) is 5.91 Å². The minimum atomic E-state index is -1.42. The van der Waals surface area contributed by atoms with Crippen LogP contribution in [0.3, 0.4) is 0 Å². The van der Waals surface area contributed by atoms with Crippen molar-refractivity contribution in [3.63, 3.8) is 0 Å². The van der Waals surface area contributed by atoms with Crippen LogP contribution in [0.5, 0.6) is 0 Å². The quantitative estimate of drug-likeness (QED) is 0.228. The highest BCUT2D eigenvalue weighted by Gasteiger charge is 2.40. The van der Waals surface area contributed by atoms with E-state index >= 15 is 0 Å². The van der Waals surface area contributed by atoms with Crippen LogP contribution in [0, 0.1) is 0 Å². The number of aliphatic hydroxyl groups excluding tert-OH is 3. The molecule has 114 valence electrons. The van der Waals surface area contributed by atoms with Gasteiger partial charge in [0.25, 0.3) is 0 Å². The zero-order valence-electron chi connectivity index (χ0n) is 11.0. The average Bonchev–Trinajstić information content (AvgIpc) is 2.37. The zero-order chi connectivity index (χ0) is 15.3. The Morgan fingerprint density at radius 2 is 2.15 bits per heavy atom. The molecule has 0 unspecified atom stereocenters. The number of rotatable bonds is 5. The molecule has 1 heterocycles. The Hall–Kier alpha value is -1.84. The second-order valence-electron chi connectivity index (χ2n) is 4.44. The van der Waals surface area contributed by atoms with Crippen LogP contribution in [-0.2, 0) is 9.53 Å². The number of nitrogens with two attached hydrogens (primary N) is 2. The molecule has 5 atom stereocenters. The van der Waals surface area contributed by atoms with E-state index in [2.05, 4.69) is 10.3 Å². The molecule has 1 amide bonds. The molecule has 0 aromatic rings. The molecular weight excluding hydrogens is 268 g/mol. The summed E-state index contributed by atoms with van der Waals surface area (Å²) in [6.07, 6.45) is -1.05. The van der Waals surface area contributed by atoms with Crippen LogP contribution in [0.25, 0.3) is 0 Å². The second kappa shape index (κ2) is 7.08. The van der Waals surface area contributed by atoms with Gasteiger partial charge in [-0.1, -0.05) is 0 Å². The lowest BCUT2D eigenvalue weighted by Gasteiger charge is -2.37. The third-order valence-corrected chi connectivity index (χ3v) is 2.82. The molecule has 0 aliphatic carbocycles. The zero-order valence-corrected chi connectivity index (χ0v) is 11.0. The van der Waals surface area contributed by atoms with Crippen molar-refractivity contribution in [2.75, 3.05) is 6.61 Å². The summed E-state index contributed by atoms with van der Waals surface area (Å²) >= 11 is 0. The molecule has 9 heteroatoms. The molecule has 9 nitrogen and oxygen atoms in total. The number of aliphatic hydroxyl groups is 3. The summed E-state index contributed by atoms with van der Waals surface area (Å²) in [6.45, 7) is 0.640. The van der Waals surface area contributed by atoms with Gasteiger partial charge in [-0.3, -0.25) is 4.79 Å². The fourth-order valence-electron chi connectivity index (χ4n) is 1.93. The molecule has 0 radical (unpaired) electrons. The van der Waals surface area contributed by atoms with Crippen LogP contribution >= 0.6 is 0 Å². The first-order valence-corrected chi connectivity index (χ1v) is 6.01. The van der Waals surface area contributed by atoms with Crippen LogP contribution in [0.2, 0.25) is 0 Å². The number of guanidine groups is 1. The van der Waals surface area contributed by atoms with Crippen molar-refractivity contribution in [1.29, 1.82) is 0 Å². The molecule has 20 heavy (non-hydrogen) atoms. The Balaban J connectivity index is 3.00. The van der Waals surface area contributed by atoms with Crippen LogP contribution in [-0.4, -0.2) is 64.2 Å². The number of ether oxygens (including phenoxy) is 1. The molecular formula is C11H20N4O5. The summed E-state index contributed by atoms with van der Waals surface area (Å²) in [7, 11) is 0. The number of aliphatic imine (C=N–C) groups is 1. The summed E-state index contributed by atoms with van der Waals surface area (Å²) in [5.74, 6) is -0.562. The highest BCUT2D eigenvalue weighted by molar-refractivity contribution is 5.76. The Kier molecular flexibility index (Phi) is 5.74. The molecule has 0 fully saturated rings. The van der Waals surface area contributed by atoms with E-state index in [4.69, 9.17) is 21.3 Å². The number of hydrogen-bond donors (Lipinski definition) is 6. The van der Waals surface area contributed by atoms with Crippen LogP contribution in [0.15, 0.2) is 17.3 Å². The van der Waals surface area contributed by atoms with Crippen molar-refractivity contribution in [3.8, 4) is 0 Å².